The summed E-state index contributed by atoms with van der Waals surface area (Å²) in [5.74, 6) is 0.0877. The van der Waals surface area contributed by atoms with Gasteiger partial charge in [-0.25, -0.2) is 0 Å². The Morgan fingerprint density at radius 2 is 2.14 bits per heavy atom. The van der Waals surface area contributed by atoms with Gasteiger partial charge in [-0.2, -0.15) is 0 Å². The average Bonchev–Trinajstić information content (AvgIpc) is 2.16. The third-order valence-electron chi connectivity index (χ3n) is 1.94. The van der Waals surface area contributed by atoms with Crippen LogP contribution in [0.25, 0.3) is 10.9 Å². The number of carbonyl (C=O) groups is 1. The summed E-state index contributed by atoms with van der Waals surface area (Å²) in [5, 5.41) is 9.26. The van der Waals surface area contributed by atoms with E-state index >= 15 is 0 Å². The van der Waals surface area contributed by atoms with Crippen molar-refractivity contribution < 1.29 is 9.90 Å². The Labute approximate surface area is 85.0 Å². The van der Waals surface area contributed by atoms with Crippen molar-refractivity contribution in [3.05, 3.63) is 36.0 Å². The van der Waals surface area contributed by atoms with Crippen LogP contribution in [0, 0.1) is 0 Å². The minimum absolute atomic E-state index is 0.0877. The smallest absolute Gasteiger partial charge is 0.253 e. The van der Waals surface area contributed by atoms with Crippen LogP contribution in [0.4, 0.5) is 0 Å². The Morgan fingerprint density at radius 1 is 1.36 bits per heavy atom. The van der Waals surface area contributed by atoms with Gasteiger partial charge in [-0.05, 0) is 35.9 Å². The minimum Gasteiger partial charge on any atom is -0.508 e. The Morgan fingerprint density at radius 3 is 2.86 bits per heavy atom. The van der Waals surface area contributed by atoms with E-state index in [0.29, 0.717) is 16.5 Å². The molecule has 0 unspecified atom stereocenters. The van der Waals surface area contributed by atoms with Gasteiger partial charge in [-0.3, -0.25) is 9.78 Å². The summed E-state index contributed by atoms with van der Waals surface area (Å²) in [6.07, 6.45) is 1.51. The van der Waals surface area contributed by atoms with Gasteiger partial charge in [0, 0.05) is 17.1 Å². The van der Waals surface area contributed by atoms with E-state index < -0.39 is 5.24 Å². The lowest BCUT2D eigenvalue weighted by atomic mass is 10.1. The molecule has 1 aromatic carbocycles. The number of rotatable bonds is 1. The molecular weight excluding hydrogens is 202 g/mol. The molecule has 0 fully saturated rings. The van der Waals surface area contributed by atoms with Gasteiger partial charge in [0.25, 0.3) is 5.24 Å². The lowest BCUT2D eigenvalue weighted by Crippen LogP contribution is -1.91. The summed E-state index contributed by atoms with van der Waals surface area (Å²) in [7, 11) is 0. The zero-order valence-electron chi connectivity index (χ0n) is 7.07. The molecule has 0 bridgehead atoms. The number of hydrogen-bond donors (Lipinski definition) is 1. The molecule has 0 aliphatic heterocycles. The molecule has 4 heteroatoms. The van der Waals surface area contributed by atoms with E-state index in [1.165, 1.54) is 24.4 Å². The van der Waals surface area contributed by atoms with Gasteiger partial charge in [-0.1, -0.05) is 0 Å². The fourth-order valence-electron chi connectivity index (χ4n) is 1.31. The number of carbonyl (C=O) groups excluding carboxylic acids is 1. The summed E-state index contributed by atoms with van der Waals surface area (Å²) < 4.78 is 0. The van der Waals surface area contributed by atoms with E-state index in [-0.39, 0.29) is 5.75 Å². The maximum atomic E-state index is 11.0. The number of halogens is 1. The first kappa shape index (κ1) is 8.97. The van der Waals surface area contributed by atoms with Gasteiger partial charge in [0.05, 0.1) is 5.52 Å². The van der Waals surface area contributed by atoms with Crippen LogP contribution in [0.15, 0.2) is 30.5 Å². The van der Waals surface area contributed by atoms with E-state index in [9.17, 15) is 9.90 Å². The third-order valence-corrected chi connectivity index (χ3v) is 2.14. The van der Waals surface area contributed by atoms with Crippen molar-refractivity contribution in [3.8, 4) is 5.75 Å². The molecule has 70 valence electrons. The molecule has 14 heavy (non-hydrogen) atoms. The van der Waals surface area contributed by atoms with Gasteiger partial charge in [0.2, 0.25) is 0 Å². The topological polar surface area (TPSA) is 50.2 Å². The number of aromatic nitrogens is 1. The van der Waals surface area contributed by atoms with Crippen LogP contribution in [0.1, 0.15) is 10.4 Å². The fourth-order valence-corrected chi connectivity index (χ4v) is 1.47. The van der Waals surface area contributed by atoms with Gasteiger partial charge < -0.3 is 5.11 Å². The number of fused-ring (bicyclic) bond motifs is 1. The summed E-state index contributed by atoms with van der Waals surface area (Å²) in [4.78, 5) is 15.1. The van der Waals surface area contributed by atoms with Crippen molar-refractivity contribution >= 4 is 27.7 Å². The molecule has 0 spiro atoms. The molecule has 0 amide bonds. The van der Waals surface area contributed by atoms with Crippen molar-refractivity contribution in [1.29, 1.82) is 0 Å². The van der Waals surface area contributed by atoms with E-state index in [0.717, 1.165) is 0 Å². The number of nitrogens with zero attached hydrogens (tertiary/aromatic N) is 1. The number of phenols is 1. The second-order valence-electron chi connectivity index (χ2n) is 2.83. The first-order valence-corrected chi connectivity index (χ1v) is 4.34. The zero-order valence-corrected chi connectivity index (χ0v) is 7.82. The van der Waals surface area contributed by atoms with Gasteiger partial charge in [0.15, 0.2) is 0 Å². The van der Waals surface area contributed by atoms with Crippen LogP contribution >= 0.6 is 11.6 Å². The minimum atomic E-state index is -0.553. The standard InChI is InChI=1S/C10H6ClNO2/c11-10(14)7-3-4-12-9-2-1-6(13)5-8(7)9/h1-5,13H. The maximum absolute atomic E-state index is 11.0. The maximum Gasteiger partial charge on any atom is 0.253 e. The van der Waals surface area contributed by atoms with Crippen molar-refractivity contribution in [2.75, 3.05) is 0 Å². The Balaban J connectivity index is 2.84. The van der Waals surface area contributed by atoms with Crippen LogP contribution in [-0.2, 0) is 0 Å². The summed E-state index contributed by atoms with van der Waals surface area (Å²) in [6.45, 7) is 0. The molecule has 1 aromatic heterocycles. The van der Waals surface area contributed by atoms with Gasteiger partial charge >= 0.3 is 0 Å². The molecule has 2 aromatic rings. The fraction of sp³-hybridized carbons (Fsp3) is 0. The lowest BCUT2D eigenvalue weighted by Gasteiger charge is -2.01. The summed E-state index contributed by atoms with van der Waals surface area (Å²) >= 11 is 5.39. The SMILES string of the molecule is O=C(Cl)c1ccnc2ccc(O)cc12. The van der Waals surface area contributed by atoms with Crippen LogP contribution in [0.2, 0.25) is 0 Å². The van der Waals surface area contributed by atoms with Gasteiger partial charge in [-0.15, -0.1) is 0 Å². The highest BCUT2D eigenvalue weighted by molar-refractivity contribution is 6.68. The molecule has 0 saturated carbocycles. The molecule has 0 aliphatic carbocycles. The Hall–Kier alpha value is -1.61. The third kappa shape index (κ3) is 1.42. The predicted molar refractivity (Wildman–Crippen MR) is 53.6 cm³/mol. The molecule has 0 atom stereocenters. The number of aromatic hydroxyl groups is 1. The molecule has 0 saturated heterocycles. The molecule has 3 nitrogen and oxygen atoms in total. The second-order valence-corrected chi connectivity index (χ2v) is 3.18. The highest BCUT2D eigenvalue weighted by Gasteiger charge is 2.07. The monoisotopic (exact) mass is 207 g/mol. The molecule has 0 radical (unpaired) electrons. The second kappa shape index (κ2) is 3.27. The number of hydrogen-bond acceptors (Lipinski definition) is 3. The molecular formula is C10H6ClNO2. The van der Waals surface area contributed by atoms with Crippen LogP contribution < -0.4 is 0 Å². The van der Waals surface area contributed by atoms with E-state index in [2.05, 4.69) is 4.98 Å². The van der Waals surface area contributed by atoms with E-state index in [1.807, 2.05) is 0 Å². The van der Waals surface area contributed by atoms with Crippen LogP contribution in [0.3, 0.4) is 0 Å². The van der Waals surface area contributed by atoms with Crippen molar-refractivity contribution in [2.24, 2.45) is 0 Å². The predicted octanol–water partition coefficient (Wildman–Crippen LogP) is 2.32. The van der Waals surface area contributed by atoms with Crippen molar-refractivity contribution in [3.63, 3.8) is 0 Å². The lowest BCUT2D eigenvalue weighted by molar-refractivity contribution is 0.108. The highest BCUT2D eigenvalue weighted by atomic mass is 35.5. The Bertz CT molecular complexity index is 510. The normalized spacial score (nSPS) is 10.4. The zero-order chi connectivity index (χ0) is 10.1. The molecule has 2 rings (SSSR count). The number of pyridine rings is 1. The highest BCUT2D eigenvalue weighted by Crippen LogP contribution is 2.22. The average molecular weight is 208 g/mol. The van der Waals surface area contributed by atoms with E-state index in [1.54, 1.807) is 6.07 Å². The first-order valence-electron chi connectivity index (χ1n) is 3.96. The Kier molecular flexibility index (Phi) is 2.09. The molecule has 1 heterocycles. The first-order chi connectivity index (χ1) is 6.68. The quantitative estimate of drug-likeness (QED) is 0.731. The largest absolute Gasteiger partial charge is 0.508 e. The number of benzene rings is 1. The number of phenolic OH excluding ortho intramolecular Hbond substituents is 1. The van der Waals surface area contributed by atoms with Gasteiger partial charge in [0.1, 0.15) is 5.75 Å². The van der Waals surface area contributed by atoms with Crippen LogP contribution in [-0.4, -0.2) is 15.3 Å². The molecule has 0 aliphatic rings. The summed E-state index contributed by atoms with van der Waals surface area (Å²) in [6, 6.07) is 6.14. The van der Waals surface area contributed by atoms with Crippen molar-refractivity contribution in [1.82, 2.24) is 4.98 Å². The molecule has 1 N–H and O–H groups in total. The van der Waals surface area contributed by atoms with Crippen molar-refractivity contribution in [2.45, 2.75) is 0 Å². The van der Waals surface area contributed by atoms with E-state index in [4.69, 9.17) is 11.6 Å². The summed E-state index contributed by atoms with van der Waals surface area (Å²) in [5.41, 5.74) is 0.988. The van der Waals surface area contributed by atoms with Crippen LogP contribution in [0.5, 0.6) is 5.75 Å².